The summed E-state index contributed by atoms with van der Waals surface area (Å²) in [6.45, 7) is 2.82. The van der Waals surface area contributed by atoms with Crippen LogP contribution < -0.4 is 0 Å². The average Bonchev–Trinajstić information content (AvgIpc) is 3.19. The van der Waals surface area contributed by atoms with Gasteiger partial charge in [0.05, 0.1) is 11.1 Å². The lowest BCUT2D eigenvalue weighted by atomic mass is 10.0. The summed E-state index contributed by atoms with van der Waals surface area (Å²) in [4.78, 5) is 26.7. The molecule has 1 aromatic rings. The first kappa shape index (κ1) is 19.5. The summed E-state index contributed by atoms with van der Waals surface area (Å²) in [5, 5.41) is 0. The zero-order chi connectivity index (χ0) is 18.4. The minimum absolute atomic E-state index is 0.0828. The van der Waals surface area contributed by atoms with Crippen molar-refractivity contribution in [3.05, 3.63) is 34.4 Å². The zero-order valence-electron chi connectivity index (χ0n) is 16.0. The van der Waals surface area contributed by atoms with Gasteiger partial charge >= 0.3 is 0 Å². The van der Waals surface area contributed by atoms with Crippen LogP contribution in [0, 0.1) is 0 Å². The molecule has 3 rings (SSSR count). The number of carbonyl (C=O) groups is 2. The van der Waals surface area contributed by atoms with E-state index in [9.17, 15) is 9.59 Å². The summed E-state index contributed by atoms with van der Waals surface area (Å²) in [6.07, 6.45) is 12.6. The molecule has 2 heterocycles. The van der Waals surface area contributed by atoms with E-state index in [-0.39, 0.29) is 11.8 Å². The van der Waals surface area contributed by atoms with Crippen molar-refractivity contribution in [2.45, 2.75) is 82.6 Å². The number of nitrogens with zero attached hydrogens (tertiary/aromatic N) is 1. The van der Waals surface area contributed by atoms with Gasteiger partial charge in [-0.25, -0.2) is 0 Å². The van der Waals surface area contributed by atoms with Crippen LogP contribution in [-0.2, 0) is 11.5 Å². The molecule has 0 unspecified atom stereocenters. The Morgan fingerprint density at radius 1 is 0.769 bits per heavy atom. The number of hydrogen-bond donors (Lipinski definition) is 0. The predicted octanol–water partition coefficient (Wildman–Crippen LogP) is 5.95. The van der Waals surface area contributed by atoms with E-state index < -0.39 is 0 Å². The van der Waals surface area contributed by atoms with E-state index in [2.05, 4.69) is 6.92 Å². The van der Waals surface area contributed by atoms with Crippen LogP contribution in [0.1, 0.15) is 103 Å². The lowest BCUT2D eigenvalue weighted by molar-refractivity contribution is 0.0651. The highest BCUT2D eigenvalue weighted by Crippen LogP contribution is 2.35. The molecule has 0 aliphatic carbocycles. The molecule has 0 spiro atoms. The number of imide groups is 1. The van der Waals surface area contributed by atoms with Gasteiger partial charge in [-0.3, -0.25) is 14.5 Å². The van der Waals surface area contributed by atoms with Crippen LogP contribution in [0.2, 0.25) is 0 Å². The van der Waals surface area contributed by atoms with Crippen molar-refractivity contribution in [2.75, 3.05) is 6.54 Å². The Morgan fingerprint density at radius 3 is 1.73 bits per heavy atom. The molecule has 0 saturated heterocycles. The average molecular weight is 374 g/mol. The van der Waals surface area contributed by atoms with E-state index in [0.717, 1.165) is 24.3 Å². The number of amides is 2. The monoisotopic (exact) mass is 373 g/mol. The highest BCUT2D eigenvalue weighted by atomic mass is 32.2. The molecule has 0 fully saturated rings. The van der Waals surface area contributed by atoms with E-state index in [0.29, 0.717) is 17.7 Å². The molecular formula is C22H31NO2S. The highest BCUT2D eigenvalue weighted by Gasteiger charge is 2.36. The van der Waals surface area contributed by atoms with Crippen molar-refractivity contribution >= 4 is 23.6 Å². The summed E-state index contributed by atoms with van der Waals surface area (Å²) in [7, 11) is 0. The maximum Gasteiger partial charge on any atom is 0.261 e. The van der Waals surface area contributed by atoms with E-state index in [1.54, 1.807) is 0 Å². The Bertz CT molecular complexity index is 613. The van der Waals surface area contributed by atoms with E-state index in [1.807, 2.05) is 23.9 Å². The van der Waals surface area contributed by atoms with Gasteiger partial charge in [0.15, 0.2) is 0 Å². The molecule has 0 saturated carbocycles. The Labute approximate surface area is 161 Å². The largest absolute Gasteiger partial charge is 0.274 e. The Balaban J connectivity index is 1.37. The van der Waals surface area contributed by atoms with Gasteiger partial charge in [0.2, 0.25) is 0 Å². The first-order valence-electron chi connectivity index (χ1n) is 10.3. The lowest BCUT2D eigenvalue weighted by Crippen LogP contribution is -2.30. The van der Waals surface area contributed by atoms with Crippen LogP contribution in [0.15, 0.2) is 12.1 Å². The quantitative estimate of drug-likeness (QED) is 0.355. The minimum atomic E-state index is -0.0828. The van der Waals surface area contributed by atoms with Crippen LogP contribution >= 0.6 is 11.8 Å². The second kappa shape index (κ2) is 9.59. The number of hydrogen-bond acceptors (Lipinski definition) is 3. The van der Waals surface area contributed by atoms with Gasteiger partial charge in [0.1, 0.15) is 0 Å². The number of rotatable bonds is 11. The molecule has 2 amide bonds. The van der Waals surface area contributed by atoms with Gasteiger partial charge in [-0.2, -0.15) is 11.8 Å². The number of thioether (sulfide) groups is 1. The Hall–Kier alpha value is -1.29. The third-order valence-electron chi connectivity index (χ3n) is 5.54. The topological polar surface area (TPSA) is 37.4 Å². The Kier molecular flexibility index (Phi) is 7.18. The van der Waals surface area contributed by atoms with Crippen molar-refractivity contribution in [2.24, 2.45) is 0 Å². The standard InChI is InChI=1S/C22H31NO2S/c1-2-3-4-5-6-7-8-9-10-11-12-23-21(24)19-13-17-15-26-16-18(17)14-20(19)22(23)25/h13-14H,2-12,15-16H2,1H3. The fourth-order valence-corrected chi connectivity index (χ4v) is 5.01. The van der Waals surface area contributed by atoms with Crippen LogP contribution in [-0.4, -0.2) is 23.3 Å². The van der Waals surface area contributed by atoms with E-state index >= 15 is 0 Å². The molecule has 4 heteroatoms. The minimum Gasteiger partial charge on any atom is -0.274 e. The maximum atomic E-state index is 12.6. The first-order valence-corrected chi connectivity index (χ1v) is 11.5. The molecule has 0 bridgehead atoms. The molecule has 0 N–H and O–H groups in total. The zero-order valence-corrected chi connectivity index (χ0v) is 16.8. The molecular weight excluding hydrogens is 342 g/mol. The Morgan fingerprint density at radius 2 is 1.23 bits per heavy atom. The van der Waals surface area contributed by atoms with Crippen molar-refractivity contribution in [1.29, 1.82) is 0 Å². The lowest BCUT2D eigenvalue weighted by Gasteiger charge is -2.13. The van der Waals surface area contributed by atoms with Gasteiger partial charge < -0.3 is 0 Å². The summed E-state index contributed by atoms with van der Waals surface area (Å²) in [5.74, 6) is 1.76. The van der Waals surface area contributed by atoms with Crippen LogP contribution in [0.3, 0.4) is 0 Å². The molecule has 142 valence electrons. The maximum absolute atomic E-state index is 12.6. The molecule has 1 aromatic carbocycles. The second-order valence-corrected chi connectivity index (χ2v) is 8.59. The number of unbranched alkanes of at least 4 members (excludes halogenated alkanes) is 9. The molecule has 2 aliphatic rings. The molecule has 26 heavy (non-hydrogen) atoms. The number of benzene rings is 1. The van der Waals surface area contributed by atoms with Gasteiger partial charge in [-0.15, -0.1) is 0 Å². The molecule has 0 atom stereocenters. The third-order valence-corrected chi connectivity index (χ3v) is 6.57. The van der Waals surface area contributed by atoms with Crippen molar-refractivity contribution in [3.8, 4) is 0 Å². The predicted molar refractivity (Wildman–Crippen MR) is 109 cm³/mol. The van der Waals surface area contributed by atoms with Gasteiger partial charge in [-0.1, -0.05) is 64.7 Å². The molecule has 3 nitrogen and oxygen atoms in total. The normalized spacial score (nSPS) is 15.7. The second-order valence-electron chi connectivity index (χ2n) is 7.60. The smallest absolute Gasteiger partial charge is 0.261 e. The van der Waals surface area contributed by atoms with E-state index in [4.69, 9.17) is 0 Å². The summed E-state index contributed by atoms with van der Waals surface area (Å²) in [6, 6.07) is 3.92. The molecule has 2 aliphatic heterocycles. The number of carbonyl (C=O) groups excluding carboxylic acids is 2. The van der Waals surface area contributed by atoms with E-state index in [1.165, 1.54) is 67.4 Å². The first-order chi connectivity index (χ1) is 12.7. The summed E-state index contributed by atoms with van der Waals surface area (Å²) in [5.41, 5.74) is 3.72. The fraction of sp³-hybridized carbons (Fsp3) is 0.636. The highest BCUT2D eigenvalue weighted by molar-refractivity contribution is 7.98. The van der Waals surface area contributed by atoms with Gasteiger partial charge in [-0.05, 0) is 29.7 Å². The number of fused-ring (bicyclic) bond motifs is 2. The summed E-state index contributed by atoms with van der Waals surface area (Å²) >= 11 is 1.85. The van der Waals surface area contributed by atoms with Crippen molar-refractivity contribution < 1.29 is 9.59 Å². The van der Waals surface area contributed by atoms with Crippen molar-refractivity contribution in [1.82, 2.24) is 4.90 Å². The SMILES string of the molecule is CCCCCCCCCCCCN1C(=O)c2cc3c(cc2C1=O)CSC3. The van der Waals surface area contributed by atoms with Gasteiger partial charge in [0.25, 0.3) is 11.8 Å². The van der Waals surface area contributed by atoms with Crippen molar-refractivity contribution in [3.63, 3.8) is 0 Å². The summed E-state index contributed by atoms with van der Waals surface area (Å²) < 4.78 is 0. The fourth-order valence-electron chi connectivity index (χ4n) is 3.93. The van der Waals surface area contributed by atoms with Crippen LogP contribution in [0.4, 0.5) is 0 Å². The molecule has 0 aromatic heterocycles. The van der Waals surface area contributed by atoms with Crippen LogP contribution in [0.5, 0.6) is 0 Å². The molecule has 0 radical (unpaired) electrons. The van der Waals surface area contributed by atoms with Crippen LogP contribution in [0.25, 0.3) is 0 Å². The van der Waals surface area contributed by atoms with Gasteiger partial charge in [0, 0.05) is 18.1 Å². The third kappa shape index (κ3) is 4.51.